The van der Waals surface area contributed by atoms with Crippen LogP contribution in [0.5, 0.6) is 5.75 Å². The number of hydrogen-bond acceptors (Lipinski definition) is 3. The lowest BCUT2D eigenvalue weighted by Crippen LogP contribution is -2.09. The maximum Gasteiger partial charge on any atom is 0.341 e. The molecule has 1 N–H and O–H groups in total. The third-order valence-electron chi connectivity index (χ3n) is 4.45. The molecule has 0 heterocycles. The molecule has 29 heavy (non-hydrogen) atoms. The third-order valence-corrected chi connectivity index (χ3v) is 5.37. The minimum Gasteiger partial charge on any atom is -0.482 e. The number of thioether (sulfide) groups is 1. The summed E-state index contributed by atoms with van der Waals surface area (Å²) < 4.78 is 5.30. The molecule has 3 rings (SSSR count). The summed E-state index contributed by atoms with van der Waals surface area (Å²) in [6.45, 7) is 3.71. The highest BCUT2D eigenvalue weighted by molar-refractivity contribution is 7.99. The predicted molar refractivity (Wildman–Crippen MR) is 120 cm³/mol. The van der Waals surface area contributed by atoms with Gasteiger partial charge in [-0.25, -0.2) is 4.79 Å². The zero-order valence-corrected chi connectivity index (χ0v) is 17.4. The number of ether oxygens (including phenoxy) is 1. The Morgan fingerprint density at radius 2 is 1.72 bits per heavy atom. The van der Waals surface area contributed by atoms with E-state index >= 15 is 0 Å². The van der Waals surface area contributed by atoms with Crippen LogP contribution in [0.25, 0.3) is 5.57 Å². The van der Waals surface area contributed by atoms with Gasteiger partial charge in [0.1, 0.15) is 5.75 Å². The van der Waals surface area contributed by atoms with Gasteiger partial charge in [-0.05, 0) is 54.3 Å². The molecule has 0 radical (unpaired) electrons. The standard InChI is InChI=1S/C25H24O3S/c1-18-7-6-10-21(15-18)23(20-8-4-3-5-9-20)13-14-29-22-11-12-24(19(2)16-22)28-17-25(26)27/h3-13,15-16H,14,17H2,1-2H3,(H,26,27). The van der Waals surface area contributed by atoms with Crippen LogP contribution < -0.4 is 4.74 Å². The summed E-state index contributed by atoms with van der Waals surface area (Å²) in [6.07, 6.45) is 2.26. The molecule has 0 saturated carbocycles. The highest BCUT2D eigenvalue weighted by Crippen LogP contribution is 2.29. The summed E-state index contributed by atoms with van der Waals surface area (Å²) in [7, 11) is 0. The number of aryl methyl sites for hydroxylation is 2. The van der Waals surface area contributed by atoms with Crippen molar-refractivity contribution in [2.24, 2.45) is 0 Å². The first-order valence-corrected chi connectivity index (χ1v) is 10.4. The predicted octanol–water partition coefficient (Wildman–Crippen LogP) is 5.99. The SMILES string of the molecule is Cc1cccc(C(=CCSc2ccc(OCC(=O)O)c(C)c2)c2ccccc2)c1. The minimum atomic E-state index is -0.974. The van der Waals surface area contributed by atoms with Gasteiger partial charge in [-0.3, -0.25) is 0 Å². The van der Waals surface area contributed by atoms with Crippen LogP contribution in [0.4, 0.5) is 0 Å². The maximum absolute atomic E-state index is 10.7. The van der Waals surface area contributed by atoms with Crippen molar-refractivity contribution < 1.29 is 14.6 Å². The lowest BCUT2D eigenvalue weighted by molar-refractivity contribution is -0.139. The maximum atomic E-state index is 10.7. The average molecular weight is 405 g/mol. The van der Waals surface area contributed by atoms with E-state index in [2.05, 4.69) is 61.5 Å². The Morgan fingerprint density at radius 1 is 0.966 bits per heavy atom. The van der Waals surface area contributed by atoms with E-state index in [1.807, 2.05) is 31.2 Å². The molecule has 0 atom stereocenters. The van der Waals surface area contributed by atoms with E-state index < -0.39 is 5.97 Å². The largest absolute Gasteiger partial charge is 0.482 e. The minimum absolute atomic E-state index is 0.326. The van der Waals surface area contributed by atoms with E-state index in [1.165, 1.54) is 22.3 Å². The number of benzene rings is 3. The van der Waals surface area contributed by atoms with Crippen LogP contribution in [0.2, 0.25) is 0 Å². The molecule has 4 heteroatoms. The topological polar surface area (TPSA) is 46.5 Å². The van der Waals surface area contributed by atoms with E-state index in [4.69, 9.17) is 9.84 Å². The second kappa shape index (κ2) is 9.99. The molecule has 3 nitrogen and oxygen atoms in total. The first-order chi connectivity index (χ1) is 14.0. The van der Waals surface area contributed by atoms with E-state index in [0.717, 1.165) is 16.2 Å². The molecule has 0 aliphatic heterocycles. The number of rotatable bonds is 8. The molecule has 0 unspecified atom stereocenters. The van der Waals surface area contributed by atoms with Crippen molar-refractivity contribution in [3.63, 3.8) is 0 Å². The normalized spacial score (nSPS) is 11.3. The molecule has 0 amide bonds. The Kier molecular flexibility index (Phi) is 7.14. The van der Waals surface area contributed by atoms with Crippen molar-refractivity contribution >= 4 is 23.3 Å². The second-order valence-electron chi connectivity index (χ2n) is 6.77. The van der Waals surface area contributed by atoms with Gasteiger partial charge < -0.3 is 9.84 Å². The summed E-state index contributed by atoms with van der Waals surface area (Å²) in [5, 5.41) is 8.76. The van der Waals surface area contributed by atoms with Gasteiger partial charge in [-0.15, -0.1) is 11.8 Å². The number of aliphatic carboxylic acids is 1. The van der Waals surface area contributed by atoms with Crippen LogP contribution in [0.3, 0.4) is 0 Å². The highest BCUT2D eigenvalue weighted by Gasteiger charge is 2.07. The molecule has 0 aromatic heterocycles. The van der Waals surface area contributed by atoms with Gasteiger partial charge in [0.15, 0.2) is 6.61 Å². The smallest absolute Gasteiger partial charge is 0.341 e. The summed E-state index contributed by atoms with van der Waals surface area (Å²) in [4.78, 5) is 11.8. The van der Waals surface area contributed by atoms with Crippen molar-refractivity contribution in [1.82, 2.24) is 0 Å². The fourth-order valence-corrected chi connectivity index (χ4v) is 3.93. The van der Waals surface area contributed by atoms with Gasteiger partial charge in [0.2, 0.25) is 0 Å². The van der Waals surface area contributed by atoms with Crippen molar-refractivity contribution in [2.75, 3.05) is 12.4 Å². The summed E-state index contributed by atoms with van der Waals surface area (Å²) >= 11 is 1.74. The van der Waals surface area contributed by atoms with Crippen LogP contribution in [0, 0.1) is 13.8 Å². The molecule has 148 valence electrons. The lowest BCUT2D eigenvalue weighted by atomic mass is 9.97. The van der Waals surface area contributed by atoms with Crippen LogP contribution in [-0.2, 0) is 4.79 Å². The Hall–Kier alpha value is -2.98. The van der Waals surface area contributed by atoms with Gasteiger partial charge in [0.05, 0.1) is 0 Å². The number of carbonyl (C=O) groups is 1. The molecule has 0 bridgehead atoms. The van der Waals surface area contributed by atoms with E-state index in [-0.39, 0.29) is 6.61 Å². The Bertz CT molecular complexity index is 1010. The molecule has 0 aliphatic carbocycles. The van der Waals surface area contributed by atoms with Crippen LogP contribution in [0.15, 0.2) is 83.8 Å². The fraction of sp³-hybridized carbons (Fsp3) is 0.160. The molecule has 0 saturated heterocycles. The van der Waals surface area contributed by atoms with Gasteiger partial charge in [0, 0.05) is 10.6 Å². The van der Waals surface area contributed by atoms with Crippen LogP contribution in [0.1, 0.15) is 22.3 Å². The third kappa shape index (κ3) is 6.00. The summed E-state index contributed by atoms with van der Waals surface area (Å²) in [6, 6.07) is 24.8. The molecular formula is C25H24O3S. The van der Waals surface area contributed by atoms with Gasteiger partial charge in [0.25, 0.3) is 0 Å². The van der Waals surface area contributed by atoms with Crippen molar-refractivity contribution in [1.29, 1.82) is 0 Å². The zero-order valence-electron chi connectivity index (χ0n) is 16.6. The van der Waals surface area contributed by atoms with E-state index in [9.17, 15) is 4.79 Å². The zero-order chi connectivity index (χ0) is 20.6. The number of carboxylic acid groups (broad SMARTS) is 1. The highest BCUT2D eigenvalue weighted by atomic mass is 32.2. The fourth-order valence-electron chi connectivity index (χ4n) is 3.07. The number of hydrogen-bond donors (Lipinski definition) is 1. The second-order valence-corrected chi connectivity index (χ2v) is 7.87. The first kappa shape index (κ1) is 20.7. The Morgan fingerprint density at radius 3 is 2.41 bits per heavy atom. The molecular weight excluding hydrogens is 380 g/mol. The average Bonchev–Trinajstić information content (AvgIpc) is 2.71. The Balaban J connectivity index is 1.76. The number of carboxylic acids is 1. The van der Waals surface area contributed by atoms with Gasteiger partial charge in [-0.1, -0.05) is 66.2 Å². The van der Waals surface area contributed by atoms with E-state index in [0.29, 0.717) is 5.75 Å². The van der Waals surface area contributed by atoms with Crippen molar-refractivity contribution in [3.05, 3.63) is 101 Å². The van der Waals surface area contributed by atoms with Crippen molar-refractivity contribution in [3.8, 4) is 5.75 Å². The molecule has 3 aromatic rings. The van der Waals surface area contributed by atoms with E-state index in [1.54, 1.807) is 11.8 Å². The quantitative estimate of drug-likeness (QED) is 0.468. The summed E-state index contributed by atoms with van der Waals surface area (Å²) in [5.41, 5.74) is 5.81. The van der Waals surface area contributed by atoms with Crippen molar-refractivity contribution in [2.45, 2.75) is 18.7 Å². The molecule has 0 fully saturated rings. The molecule has 3 aromatic carbocycles. The first-order valence-electron chi connectivity index (χ1n) is 9.43. The Labute approximate surface area is 176 Å². The monoisotopic (exact) mass is 404 g/mol. The van der Waals surface area contributed by atoms with Crippen LogP contribution >= 0.6 is 11.8 Å². The lowest BCUT2D eigenvalue weighted by Gasteiger charge is -2.11. The molecule has 0 aliphatic rings. The van der Waals surface area contributed by atoms with Crippen LogP contribution in [-0.4, -0.2) is 23.4 Å². The van der Waals surface area contributed by atoms with Gasteiger partial charge in [-0.2, -0.15) is 0 Å². The van der Waals surface area contributed by atoms with Gasteiger partial charge >= 0.3 is 5.97 Å². The summed E-state index contributed by atoms with van der Waals surface area (Å²) in [5.74, 6) is 0.460. The molecule has 0 spiro atoms.